The van der Waals surface area contributed by atoms with Gasteiger partial charge in [0.25, 0.3) is 0 Å². The number of aliphatic hydroxyl groups excluding tert-OH is 1. The topological polar surface area (TPSA) is 164 Å². The van der Waals surface area contributed by atoms with E-state index in [0.717, 1.165) is 5.56 Å². The van der Waals surface area contributed by atoms with Crippen LogP contribution >= 0.6 is 0 Å². The van der Waals surface area contributed by atoms with Crippen LogP contribution in [0.1, 0.15) is 83.6 Å². The molecule has 0 radical (unpaired) electrons. The van der Waals surface area contributed by atoms with Gasteiger partial charge in [-0.05, 0) is 104 Å². The van der Waals surface area contributed by atoms with Gasteiger partial charge in [0.2, 0.25) is 11.9 Å². The van der Waals surface area contributed by atoms with Gasteiger partial charge < -0.3 is 38.6 Å². The number of hydrogen-bond donors (Lipinski definition) is 2. The molecule has 6 aromatic carbocycles. The van der Waals surface area contributed by atoms with E-state index in [2.05, 4.69) is 0 Å². The van der Waals surface area contributed by atoms with Crippen molar-refractivity contribution in [2.24, 2.45) is 0 Å². The summed E-state index contributed by atoms with van der Waals surface area (Å²) < 4.78 is 36.9. The number of carbonyl (C=O) groups excluding carboxylic acids is 4. The molecule has 12 nitrogen and oxygen atoms in total. The second kappa shape index (κ2) is 19.7. The van der Waals surface area contributed by atoms with Gasteiger partial charge in [-0.25, -0.2) is 19.2 Å². The Balaban J connectivity index is 1.44. The highest BCUT2D eigenvalue weighted by Crippen LogP contribution is 2.45. The summed E-state index contributed by atoms with van der Waals surface area (Å²) in [5.41, 5.74) is 2.08. The Morgan fingerprint density at radius 3 is 1.54 bits per heavy atom. The van der Waals surface area contributed by atoms with Crippen molar-refractivity contribution in [2.45, 2.75) is 62.7 Å². The van der Waals surface area contributed by atoms with E-state index < -0.39 is 66.3 Å². The Hall–Kier alpha value is -7.12. The van der Waals surface area contributed by atoms with Crippen molar-refractivity contribution in [2.75, 3.05) is 7.11 Å². The summed E-state index contributed by atoms with van der Waals surface area (Å²) in [7, 11) is 1.55. The summed E-state index contributed by atoms with van der Waals surface area (Å²) in [6.45, 7) is 3.02. The van der Waals surface area contributed by atoms with Crippen LogP contribution in [-0.4, -0.2) is 71.7 Å². The molecule has 7 rings (SSSR count). The first kappa shape index (κ1) is 44.0. The maximum Gasteiger partial charge on any atom is 0.338 e. The van der Waals surface area contributed by atoms with Gasteiger partial charge in [0.15, 0.2) is 12.2 Å². The van der Waals surface area contributed by atoms with Gasteiger partial charge in [-0.2, -0.15) is 0 Å². The minimum absolute atomic E-state index is 0.0164. The van der Waals surface area contributed by atoms with Gasteiger partial charge >= 0.3 is 23.9 Å². The first-order valence-corrected chi connectivity index (χ1v) is 20.3. The second-order valence-electron chi connectivity index (χ2n) is 15.0. The molecular weight excluding hydrogens is 805 g/mol. The zero-order valence-electron chi connectivity index (χ0n) is 34.7. The molecule has 1 aliphatic rings. The second-order valence-corrected chi connectivity index (χ2v) is 15.0. The molecule has 63 heavy (non-hydrogen) atoms. The fourth-order valence-electron chi connectivity index (χ4n) is 7.39. The summed E-state index contributed by atoms with van der Waals surface area (Å²) in [5.74, 6) is -5.67. The highest BCUT2D eigenvalue weighted by molar-refractivity contribution is 5.91. The predicted molar refractivity (Wildman–Crippen MR) is 230 cm³/mol. The zero-order chi connectivity index (χ0) is 44.5. The number of methoxy groups -OCH3 is 1. The molecule has 322 valence electrons. The first-order chi connectivity index (χ1) is 30.4. The smallest absolute Gasteiger partial charge is 0.338 e. The van der Waals surface area contributed by atoms with Crippen molar-refractivity contribution in [1.82, 2.24) is 0 Å². The maximum absolute atomic E-state index is 14.3. The Morgan fingerprint density at radius 1 is 0.603 bits per heavy atom. The van der Waals surface area contributed by atoms with Crippen molar-refractivity contribution in [3.63, 3.8) is 0 Å². The van der Waals surface area contributed by atoms with Crippen LogP contribution in [0.4, 0.5) is 0 Å². The van der Waals surface area contributed by atoms with Gasteiger partial charge in [-0.3, -0.25) is 0 Å². The van der Waals surface area contributed by atoms with Gasteiger partial charge in [-0.15, -0.1) is 0 Å². The van der Waals surface area contributed by atoms with Crippen molar-refractivity contribution in [3.8, 4) is 5.75 Å². The van der Waals surface area contributed by atoms with Gasteiger partial charge in [0.05, 0.1) is 35.5 Å². The van der Waals surface area contributed by atoms with Crippen LogP contribution in [0.3, 0.4) is 0 Å². The monoisotopic (exact) mass is 850 g/mol. The molecule has 1 fully saturated rings. The molecule has 1 unspecified atom stereocenters. The molecule has 0 saturated carbocycles. The maximum atomic E-state index is 14.3. The van der Waals surface area contributed by atoms with E-state index in [1.165, 1.54) is 49.4 Å². The third kappa shape index (κ3) is 10.2. The van der Waals surface area contributed by atoms with Crippen molar-refractivity contribution in [1.29, 1.82) is 0 Å². The summed E-state index contributed by atoms with van der Waals surface area (Å²) in [5, 5.41) is 24.5. The lowest BCUT2D eigenvalue weighted by atomic mass is 9.82. The average Bonchev–Trinajstić information content (AvgIpc) is 3.32. The third-order valence-electron chi connectivity index (χ3n) is 10.7. The number of aliphatic hydroxyl groups is 2. The van der Waals surface area contributed by atoms with E-state index in [1.54, 1.807) is 123 Å². The molecule has 1 heterocycles. The van der Waals surface area contributed by atoms with Crippen LogP contribution in [0, 0.1) is 0 Å². The zero-order valence-corrected chi connectivity index (χ0v) is 34.7. The Labute approximate surface area is 364 Å². The number of esters is 4. The fraction of sp³-hybridized carbons (Fsp3) is 0.216. The van der Waals surface area contributed by atoms with Crippen molar-refractivity contribution in [3.05, 3.63) is 208 Å². The highest BCUT2D eigenvalue weighted by Gasteiger charge is 2.62. The molecular formula is C51H46O12. The SMILES string of the molecule is COc1ccc(Cc2ccc(C(C)O)cc2[C@@]2(O)O[C@H]([C@H](C)OC(=O)c3ccccc3)[C@@H](OC(=O)c3ccccc3)[C@H](OC(=O)c3ccccc3)[C@H]2OC(=O)c2ccccc2)cc1. The lowest BCUT2D eigenvalue weighted by Gasteiger charge is -2.50. The first-order valence-electron chi connectivity index (χ1n) is 20.3. The Kier molecular flexibility index (Phi) is 13.8. The molecule has 0 bridgehead atoms. The molecule has 2 N–H and O–H groups in total. The van der Waals surface area contributed by atoms with E-state index in [0.29, 0.717) is 16.9 Å². The van der Waals surface area contributed by atoms with E-state index in [-0.39, 0.29) is 34.2 Å². The predicted octanol–water partition coefficient (Wildman–Crippen LogP) is 7.81. The minimum atomic E-state index is -2.77. The summed E-state index contributed by atoms with van der Waals surface area (Å²) in [6, 6.07) is 44.2. The van der Waals surface area contributed by atoms with E-state index in [1.807, 2.05) is 12.1 Å². The number of carbonyl (C=O) groups is 4. The molecule has 12 heteroatoms. The summed E-state index contributed by atoms with van der Waals surface area (Å²) >= 11 is 0. The molecule has 0 aliphatic carbocycles. The van der Waals surface area contributed by atoms with E-state index in [9.17, 15) is 29.4 Å². The number of hydrogen-bond acceptors (Lipinski definition) is 12. The molecule has 1 aliphatic heterocycles. The quantitative estimate of drug-likeness (QED) is 0.0809. The van der Waals surface area contributed by atoms with E-state index >= 15 is 0 Å². The van der Waals surface area contributed by atoms with Gasteiger partial charge in [0, 0.05) is 5.56 Å². The normalized spacial score (nSPS) is 20.3. The van der Waals surface area contributed by atoms with Crippen LogP contribution in [0.5, 0.6) is 5.75 Å². The highest BCUT2D eigenvalue weighted by atomic mass is 16.7. The molecule has 7 atom stereocenters. The fourth-order valence-corrected chi connectivity index (χ4v) is 7.39. The summed E-state index contributed by atoms with van der Waals surface area (Å²) in [6.07, 6.45) is -9.37. The standard InChI is InChI=1S/C51H46O12/c1-32(52)39-26-27-40(30-34-24-28-41(58-3)29-25-34)42(31-39)51(57)46(62-50(56)38-22-14-7-15-23-38)45(61-49(55)37-20-12-6-13-21-37)44(60-48(54)36-18-10-5-11-19-36)43(63-51)33(2)59-47(53)35-16-8-4-9-17-35/h4-29,31-33,43-46,52,57H,30H2,1-3H3/t32?,33-,43+,44+,45-,46+,51+/m0/s1. The molecule has 0 amide bonds. The number of ether oxygens (including phenoxy) is 6. The van der Waals surface area contributed by atoms with Gasteiger partial charge in [-0.1, -0.05) is 97.1 Å². The van der Waals surface area contributed by atoms with Crippen LogP contribution in [0.15, 0.2) is 164 Å². The number of rotatable bonds is 14. The Bertz CT molecular complexity index is 2500. The van der Waals surface area contributed by atoms with Gasteiger partial charge in [0.1, 0.15) is 18.0 Å². The minimum Gasteiger partial charge on any atom is -0.497 e. The molecule has 0 aromatic heterocycles. The van der Waals surface area contributed by atoms with Crippen LogP contribution < -0.4 is 4.74 Å². The lowest BCUT2D eigenvalue weighted by Crippen LogP contribution is -2.68. The summed E-state index contributed by atoms with van der Waals surface area (Å²) in [4.78, 5) is 56.3. The third-order valence-corrected chi connectivity index (χ3v) is 10.7. The van der Waals surface area contributed by atoms with Crippen LogP contribution in [0.2, 0.25) is 0 Å². The number of benzene rings is 6. The molecule has 0 spiro atoms. The van der Waals surface area contributed by atoms with Crippen molar-refractivity contribution < 1.29 is 57.8 Å². The molecule has 1 saturated heterocycles. The average molecular weight is 851 g/mol. The van der Waals surface area contributed by atoms with Crippen LogP contribution in [0.25, 0.3) is 0 Å². The largest absolute Gasteiger partial charge is 0.497 e. The Morgan fingerprint density at radius 2 is 1.06 bits per heavy atom. The molecule has 6 aromatic rings. The lowest BCUT2D eigenvalue weighted by molar-refractivity contribution is -0.360. The van der Waals surface area contributed by atoms with E-state index in [4.69, 9.17) is 28.4 Å². The van der Waals surface area contributed by atoms with Crippen molar-refractivity contribution >= 4 is 23.9 Å². The van der Waals surface area contributed by atoms with Crippen LogP contribution in [-0.2, 0) is 35.9 Å².